The van der Waals surface area contributed by atoms with Crippen LogP contribution in [0.3, 0.4) is 0 Å². The highest BCUT2D eigenvalue weighted by Gasteiger charge is 2.15. The van der Waals surface area contributed by atoms with Crippen molar-refractivity contribution in [3.05, 3.63) is 24.3 Å². The van der Waals surface area contributed by atoms with E-state index in [0.717, 1.165) is 12.8 Å². The van der Waals surface area contributed by atoms with Gasteiger partial charge in [0.05, 0.1) is 11.5 Å². The molecule has 0 aliphatic heterocycles. The van der Waals surface area contributed by atoms with Crippen molar-refractivity contribution in [1.29, 1.82) is 0 Å². The summed E-state index contributed by atoms with van der Waals surface area (Å²) >= 11 is 0. The van der Waals surface area contributed by atoms with E-state index in [1.54, 1.807) is 24.3 Å². The number of benzene rings is 1. The fourth-order valence-corrected chi connectivity index (χ4v) is 2.98. The van der Waals surface area contributed by atoms with Gasteiger partial charge in [0.1, 0.15) is 5.75 Å². The zero-order valence-electron chi connectivity index (χ0n) is 13.4. The number of sulfonamides is 1. The highest BCUT2D eigenvalue weighted by Crippen LogP contribution is 2.17. The van der Waals surface area contributed by atoms with Gasteiger partial charge in [-0.05, 0) is 36.1 Å². The van der Waals surface area contributed by atoms with Gasteiger partial charge in [-0.25, -0.2) is 13.1 Å². The maximum Gasteiger partial charge on any atom is 0.240 e. The number of nitrogens with one attached hydrogen (secondary N) is 1. The summed E-state index contributed by atoms with van der Waals surface area (Å²) in [6.07, 6.45) is 1.95. The maximum atomic E-state index is 12.2. The molecule has 120 valence electrons. The van der Waals surface area contributed by atoms with E-state index in [2.05, 4.69) is 32.4 Å². The van der Waals surface area contributed by atoms with Crippen molar-refractivity contribution in [2.24, 2.45) is 11.8 Å². The summed E-state index contributed by atoms with van der Waals surface area (Å²) < 4.78 is 32.6. The summed E-state index contributed by atoms with van der Waals surface area (Å²) in [7, 11) is -3.43. The fourth-order valence-electron chi connectivity index (χ4n) is 1.87. The molecule has 0 fully saturated rings. The zero-order chi connectivity index (χ0) is 15.9. The summed E-state index contributed by atoms with van der Waals surface area (Å²) in [4.78, 5) is 0.283. The Morgan fingerprint density at radius 3 is 2.14 bits per heavy atom. The van der Waals surface area contributed by atoms with Crippen LogP contribution < -0.4 is 9.46 Å². The first-order valence-corrected chi connectivity index (χ1v) is 9.09. The smallest absolute Gasteiger partial charge is 0.240 e. The SMILES string of the molecule is CCC(CC)CNS(=O)(=O)c1ccc(OCC(C)C)cc1. The molecule has 0 radical (unpaired) electrons. The van der Waals surface area contributed by atoms with Crippen molar-refractivity contribution in [2.75, 3.05) is 13.2 Å². The van der Waals surface area contributed by atoms with Crippen molar-refractivity contribution in [3.8, 4) is 5.75 Å². The predicted molar refractivity (Wildman–Crippen MR) is 86.0 cm³/mol. The van der Waals surface area contributed by atoms with Crippen LogP contribution in [-0.2, 0) is 10.0 Å². The zero-order valence-corrected chi connectivity index (χ0v) is 14.2. The van der Waals surface area contributed by atoms with Crippen LogP contribution in [0.2, 0.25) is 0 Å². The summed E-state index contributed by atoms with van der Waals surface area (Å²) in [5, 5.41) is 0. The summed E-state index contributed by atoms with van der Waals surface area (Å²) in [6, 6.07) is 6.58. The molecule has 0 saturated carbocycles. The number of ether oxygens (including phenoxy) is 1. The van der Waals surface area contributed by atoms with Crippen molar-refractivity contribution < 1.29 is 13.2 Å². The Morgan fingerprint density at radius 2 is 1.67 bits per heavy atom. The molecule has 0 aromatic heterocycles. The molecule has 0 aliphatic rings. The summed E-state index contributed by atoms with van der Waals surface area (Å²) in [5.41, 5.74) is 0. The number of hydrogen-bond donors (Lipinski definition) is 1. The minimum Gasteiger partial charge on any atom is -0.493 e. The van der Waals surface area contributed by atoms with Crippen molar-refractivity contribution in [3.63, 3.8) is 0 Å². The fraction of sp³-hybridized carbons (Fsp3) is 0.625. The molecule has 4 nitrogen and oxygen atoms in total. The molecule has 0 amide bonds. The predicted octanol–water partition coefficient (Wildman–Crippen LogP) is 3.44. The minimum absolute atomic E-state index is 0.283. The molecule has 0 bridgehead atoms. The van der Waals surface area contributed by atoms with E-state index in [9.17, 15) is 8.42 Å². The lowest BCUT2D eigenvalue weighted by Gasteiger charge is -2.14. The van der Waals surface area contributed by atoms with Crippen LogP contribution in [0.1, 0.15) is 40.5 Å². The molecule has 1 N–H and O–H groups in total. The molecule has 5 heteroatoms. The maximum absolute atomic E-state index is 12.2. The van der Waals surface area contributed by atoms with E-state index in [-0.39, 0.29) is 4.90 Å². The first kappa shape index (κ1) is 18.0. The van der Waals surface area contributed by atoms with Gasteiger partial charge in [-0.1, -0.05) is 40.5 Å². The van der Waals surface area contributed by atoms with Gasteiger partial charge in [0.15, 0.2) is 0 Å². The van der Waals surface area contributed by atoms with Gasteiger partial charge in [0.2, 0.25) is 10.0 Å². The Labute approximate surface area is 129 Å². The average molecular weight is 313 g/mol. The first-order valence-electron chi connectivity index (χ1n) is 7.61. The molecular formula is C16H27NO3S. The van der Waals surface area contributed by atoms with Crippen LogP contribution in [0.5, 0.6) is 5.75 Å². The van der Waals surface area contributed by atoms with Gasteiger partial charge >= 0.3 is 0 Å². The van der Waals surface area contributed by atoms with Crippen molar-refractivity contribution >= 4 is 10.0 Å². The van der Waals surface area contributed by atoms with Gasteiger partial charge in [-0.3, -0.25) is 0 Å². The average Bonchev–Trinajstić information content (AvgIpc) is 2.46. The lowest BCUT2D eigenvalue weighted by molar-refractivity contribution is 0.271. The van der Waals surface area contributed by atoms with E-state index in [4.69, 9.17) is 4.74 Å². The van der Waals surface area contributed by atoms with E-state index in [1.807, 2.05) is 0 Å². The Hall–Kier alpha value is -1.07. The van der Waals surface area contributed by atoms with Crippen molar-refractivity contribution in [1.82, 2.24) is 4.72 Å². The third-order valence-electron chi connectivity index (χ3n) is 3.43. The summed E-state index contributed by atoms with van der Waals surface area (Å²) in [6.45, 7) is 9.40. The topological polar surface area (TPSA) is 55.4 Å². The monoisotopic (exact) mass is 313 g/mol. The molecule has 0 unspecified atom stereocenters. The lowest BCUT2D eigenvalue weighted by Crippen LogP contribution is -2.29. The Balaban J connectivity index is 2.66. The highest BCUT2D eigenvalue weighted by atomic mass is 32.2. The second kappa shape index (κ2) is 8.39. The van der Waals surface area contributed by atoms with E-state index in [0.29, 0.717) is 30.7 Å². The Bertz CT molecular complexity index is 505. The normalized spacial score (nSPS) is 12.1. The molecule has 1 aromatic rings. The standard InChI is InChI=1S/C16H27NO3S/c1-5-14(6-2)11-17-21(18,19)16-9-7-15(8-10-16)20-12-13(3)4/h7-10,13-14,17H,5-6,11-12H2,1-4H3. The third-order valence-corrected chi connectivity index (χ3v) is 4.87. The Morgan fingerprint density at radius 1 is 1.10 bits per heavy atom. The van der Waals surface area contributed by atoms with Gasteiger partial charge in [-0.2, -0.15) is 0 Å². The van der Waals surface area contributed by atoms with Gasteiger partial charge in [0, 0.05) is 6.54 Å². The minimum atomic E-state index is -3.43. The van der Waals surface area contributed by atoms with Crippen molar-refractivity contribution in [2.45, 2.75) is 45.4 Å². The molecule has 0 aliphatic carbocycles. The van der Waals surface area contributed by atoms with E-state index >= 15 is 0 Å². The summed E-state index contributed by atoms with van der Waals surface area (Å²) in [5.74, 6) is 1.52. The number of rotatable bonds is 9. The van der Waals surface area contributed by atoms with Crippen LogP contribution in [0.4, 0.5) is 0 Å². The first-order chi connectivity index (χ1) is 9.89. The van der Waals surface area contributed by atoms with Crippen LogP contribution in [0.25, 0.3) is 0 Å². The molecule has 0 atom stereocenters. The molecule has 0 spiro atoms. The molecule has 1 rings (SSSR count). The lowest BCUT2D eigenvalue weighted by atomic mass is 10.0. The molecule has 1 aromatic carbocycles. The Kier molecular flexibility index (Phi) is 7.18. The number of hydrogen-bond acceptors (Lipinski definition) is 3. The van der Waals surface area contributed by atoms with Gasteiger partial charge in [0.25, 0.3) is 0 Å². The van der Waals surface area contributed by atoms with Crippen LogP contribution in [0.15, 0.2) is 29.2 Å². The second-order valence-corrected chi connectivity index (χ2v) is 7.48. The second-order valence-electron chi connectivity index (χ2n) is 5.71. The quantitative estimate of drug-likeness (QED) is 0.760. The van der Waals surface area contributed by atoms with Gasteiger partial charge < -0.3 is 4.74 Å². The van der Waals surface area contributed by atoms with E-state index < -0.39 is 10.0 Å². The highest BCUT2D eigenvalue weighted by molar-refractivity contribution is 7.89. The molecule has 0 heterocycles. The largest absolute Gasteiger partial charge is 0.493 e. The van der Waals surface area contributed by atoms with Crippen LogP contribution in [0, 0.1) is 11.8 Å². The van der Waals surface area contributed by atoms with Crippen LogP contribution in [-0.4, -0.2) is 21.6 Å². The molecular weight excluding hydrogens is 286 g/mol. The van der Waals surface area contributed by atoms with Gasteiger partial charge in [-0.15, -0.1) is 0 Å². The third kappa shape index (κ3) is 6.06. The van der Waals surface area contributed by atoms with E-state index in [1.165, 1.54) is 0 Å². The molecule has 21 heavy (non-hydrogen) atoms. The molecule has 0 saturated heterocycles. The van der Waals surface area contributed by atoms with Crippen LogP contribution >= 0.6 is 0 Å².